The van der Waals surface area contributed by atoms with Gasteiger partial charge in [0.25, 0.3) is 0 Å². The highest BCUT2D eigenvalue weighted by Gasteiger charge is 1.97. The number of hydrogen-bond donors (Lipinski definition) is 2. The smallest absolute Gasteiger partial charge is 0.115 e. The molecule has 0 saturated heterocycles. The number of anilines is 1. The fourth-order valence-corrected chi connectivity index (χ4v) is 2.26. The molecule has 2 rings (SSSR count). The van der Waals surface area contributed by atoms with Crippen molar-refractivity contribution in [1.29, 1.82) is 0 Å². The summed E-state index contributed by atoms with van der Waals surface area (Å²) in [6.45, 7) is 5.20. The molecular formula is C17H21NO. The van der Waals surface area contributed by atoms with E-state index in [9.17, 15) is 5.11 Å². The van der Waals surface area contributed by atoms with E-state index in [4.69, 9.17) is 0 Å². The van der Waals surface area contributed by atoms with Gasteiger partial charge in [-0.15, -0.1) is 0 Å². The first kappa shape index (κ1) is 13.5. The second-order valence-corrected chi connectivity index (χ2v) is 5.07. The normalized spacial score (nSPS) is 10.4. The minimum atomic E-state index is 0.331. The second kappa shape index (κ2) is 6.28. The van der Waals surface area contributed by atoms with Gasteiger partial charge in [-0.3, -0.25) is 0 Å². The van der Waals surface area contributed by atoms with Gasteiger partial charge in [0.2, 0.25) is 0 Å². The number of phenols is 1. The Kier molecular flexibility index (Phi) is 4.45. The van der Waals surface area contributed by atoms with Crippen LogP contribution in [0.15, 0.2) is 42.5 Å². The maximum absolute atomic E-state index is 9.22. The first-order valence-corrected chi connectivity index (χ1v) is 6.73. The molecule has 0 heterocycles. The topological polar surface area (TPSA) is 32.3 Å². The van der Waals surface area contributed by atoms with Gasteiger partial charge in [-0.05, 0) is 67.6 Å². The van der Waals surface area contributed by atoms with E-state index < -0.39 is 0 Å². The number of hydrogen-bond acceptors (Lipinski definition) is 2. The van der Waals surface area contributed by atoms with Crippen LogP contribution in [0.25, 0.3) is 0 Å². The van der Waals surface area contributed by atoms with Crippen LogP contribution in [-0.2, 0) is 6.42 Å². The predicted octanol–water partition coefficient (Wildman–Crippen LogP) is 4.05. The summed E-state index contributed by atoms with van der Waals surface area (Å²) in [5, 5.41) is 12.7. The monoisotopic (exact) mass is 255 g/mol. The molecule has 2 heteroatoms. The standard InChI is InChI=1S/C17H21NO/c1-13-10-14(2)12-16(11-13)18-9-3-4-15-5-7-17(19)8-6-15/h5-8,10-12,18-19H,3-4,9H2,1-2H3. The molecule has 19 heavy (non-hydrogen) atoms. The van der Waals surface area contributed by atoms with Crippen LogP contribution in [0.3, 0.4) is 0 Å². The molecule has 2 aromatic rings. The van der Waals surface area contributed by atoms with E-state index in [1.165, 1.54) is 22.4 Å². The van der Waals surface area contributed by atoms with E-state index in [0.29, 0.717) is 5.75 Å². The lowest BCUT2D eigenvalue weighted by Crippen LogP contribution is -2.03. The van der Waals surface area contributed by atoms with Crippen molar-refractivity contribution in [2.24, 2.45) is 0 Å². The van der Waals surface area contributed by atoms with Crippen LogP contribution in [0.1, 0.15) is 23.1 Å². The lowest BCUT2D eigenvalue weighted by atomic mass is 10.1. The van der Waals surface area contributed by atoms with Crippen molar-refractivity contribution in [3.63, 3.8) is 0 Å². The van der Waals surface area contributed by atoms with Gasteiger partial charge < -0.3 is 10.4 Å². The summed E-state index contributed by atoms with van der Waals surface area (Å²) >= 11 is 0. The van der Waals surface area contributed by atoms with E-state index in [2.05, 4.69) is 37.4 Å². The lowest BCUT2D eigenvalue weighted by Gasteiger charge is -2.08. The number of rotatable bonds is 5. The van der Waals surface area contributed by atoms with Gasteiger partial charge in [-0.1, -0.05) is 18.2 Å². The molecule has 0 spiro atoms. The van der Waals surface area contributed by atoms with Gasteiger partial charge in [-0.2, -0.15) is 0 Å². The molecule has 0 aliphatic heterocycles. The summed E-state index contributed by atoms with van der Waals surface area (Å²) in [4.78, 5) is 0. The Labute approximate surface area is 115 Å². The molecule has 0 radical (unpaired) electrons. The van der Waals surface area contributed by atoms with Gasteiger partial charge in [-0.25, -0.2) is 0 Å². The first-order chi connectivity index (χ1) is 9.13. The molecule has 0 unspecified atom stereocenters. The summed E-state index contributed by atoms with van der Waals surface area (Å²) < 4.78 is 0. The number of phenolic OH excluding ortho intramolecular Hbond substituents is 1. The Balaban J connectivity index is 1.79. The minimum absolute atomic E-state index is 0.331. The maximum Gasteiger partial charge on any atom is 0.115 e. The van der Waals surface area contributed by atoms with Crippen LogP contribution in [0.2, 0.25) is 0 Å². The SMILES string of the molecule is Cc1cc(C)cc(NCCCc2ccc(O)cc2)c1. The van der Waals surface area contributed by atoms with E-state index in [-0.39, 0.29) is 0 Å². The minimum Gasteiger partial charge on any atom is -0.508 e. The van der Waals surface area contributed by atoms with Gasteiger partial charge in [0.1, 0.15) is 5.75 Å². The molecule has 2 N–H and O–H groups in total. The second-order valence-electron chi connectivity index (χ2n) is 5.07. The van der Waals surface area contributed by atoms with Crippen molar-refractivity contribution in [2.45, 2.75) is 26.7 Å². The molecule has 0 aliphatic rings. The Hall–Kier alpha value is -1.96. The van der Waals surface area contributed by atoms with E-state index in [1.54, 1.807) is 12.1 Å². The highest BCUT2D eigenvalue weighted by atomic mass is 16.3. The van der Waals surface area contributed by atoms with E-state index in [0.717, 1.165) is 19.4 Å². The van der Waals surface area contributed by atoms with Crippen LogP contribution < -0.4 is 5.32 Å². The highest BCUT2D eigenvalue weighted by molar-refractivity contribution is 5.48. The summed E-state index contributed by atoms with van der Waals surface area (Å²) in [7, 11) is 0. The van der Waals surface area contributed by atoms with Crippen molar-refractivity contribution in [3.05, 3.63) is 59.2 Å². The maximum atomic E-state index is 9.22. The zero-order chi connectivity index (χ0) is 13.7. The number of aromatic hydroxyl groups is 1. The summed E-state index contributed by atoms with van der Waals surface area (Å²) in [5.41, 5.74) is 5.05. The van der Waals surface area contributed by atoms with Gasteiger partial charge in [0.05, 0.1) is 0 Å². The molecular weight excluding hydrogens is 234 g/mol. The van der Waals surface area contributed by atoms with Gasteiger partial charge in [0, 0.05) is 12.2 Å². The molecule has 100 valence electrons. The third kappa shape index (κ3) is 4.32. The van der Waals surface area contributed by atoms with Crippen LogP contribution in [-0.4, -0.2) is 11.7 Å². The fourth-order valence-electron chi connectivity index (χ4n) is 2.26. The van der Waals surface area contributed by atoms with Crippen molar-refractivity contribution in [2.75, 3.05) is 11.9 Å². The summed E-state index contributed by atoms with van der Waals surface area (Å²) in [5.74, 6) is 0.331. The van der Waals surface area contributed by atoms with Crippen LogP contribution in [0.5, 0.6) is 5.75 Å². The highest BCUT2D eigenvalue weighted by Crippen LogP contribution is 2.14. The number of aryl methyl sites for hydroxylation is 3. The number of nitrogens with one attached hydrogen (secondary N) is 1. The van der Waals surface area contributed by atoms with Crippen LogP contribution in [0, 0.1) is 13.8 Å². The van der Waals surface area contributed by atoms with E-state index in [1.807, 2.05) is 12.1 Å². The quantitative estimate of drug-likeness (QED) is 0.790. The number of benzene rings is 2. The largest absolute Gasteiger partial charge is 0.508 e. The van der Waals surface area contributed by atoms with E-state index >= 15 is 0 Å². The predicted molar refractivity (Wildman–Crippen MR) is 80.8 cm³/mol. The molecule has 2 aromatic carbocycles. The zero-order valence-electron chi connectivity index (χ0n) is 11.6. The van der Waals surface area contributed by atoms with Crippen LogP contribution >= 0.6 is 0 Å². The van der Waals surface area contributed by atoms with Crippen LogP contribution in [0.4, 0.5) is 5.69 Å². The molecule has 0 aliphatic carbocycles. The van der Waals surface area contributed by atoms with Crippen molar-refractivity contribution in [1.82, 2.24) is 0 Å². The fraction of sp³-hybridized carbons (Fsp3) is 0.294. The third-order valence-corrected chi connectivity index (χ3v) is 3.13. The Morgan fingerprint density at radius 2 is 1.58 bits per heavy atom. The lowest BCUT2D eigenvalue weighted by molar-refractivity contribution is 0.475. The van der Waals surface area contributed by atoms with Crippen molar-refractivity contribution < 1.29 is 5.11 Å². The summed E-state index contributed by atoms with van der Waals surface area (Å²) in [6.07, 6.45) is 2.11. The summed E-state index contributed by atoms with van der Waals surface area (Å²) in [6, 6.07) is 14.0. The molecule has 0 atom stereocenters. The van der Waals surface area contributed by atoms with Crippen molar-refractivity contribution in [3.8, 4) is 5.75 Å². The average molecular weight is 255 g/mol. The van der Waals surface area contributed by atoms with Gasteiger partial charge >= 0.3 is 0 Å². The van der Waals surface area contributed by atoms with Crippen molar-refractivity contribution >= 4 is 5.69 Å². The molecule has 0 fully saturated rings. The molecule has 2 nitrogen and oxygen atoms in total. The molecule has 0 amide bonds. The molecule has 0 aromatic heterocycles. The zero-order valence-corrected chi connectivity index (χ0v) is 11.6. The molecule has 0 bridgehead atoms. The first-order valence-electron chi connectivity index (χ1n) is 6.73. The third-order valence-electron chi connectivity index (χ3n) is 3.13. The Bertz CT molecular complexity index is 511. The van der Waals surface area contributed by atoms with Gasteiger partial charge in [0.15, 0.2) is 0 Å². The Morgan fingerprint density at radius 3 is 2.21 bits per heavy atom. The molecule has 0 saturated carbocycles. The average Bonchev–Trinajstić information content (AvgIpc) is 2.36. The Morgan fingerprint density at radius 1 is 0.947 bits per heavy atom.